The van der Waals surface area contributed by atoms with Crippen LogP contribution in [0.5, 0.6) is 0 Å². The summed E-state index contributed by atoms with van der Waals surface area (Å²) in [5, 5.41) is 19.6. The summed E-state index contributed by atoms with van der Waals surface area (Å²) in [6.07, 6.45) is 0. The lowest BCUT2D eigenvalue weighted by molar-refractivity contribution is -0.134. The van der Waals surface area contributed by atoms with Gasteiger partial charge in [-0.25, -0.2) is 4.68 Å². The minimum absolute atomic E-state index is 0.123. The first-order valence-electron chi connectivity index (χ1n) is 4.56. The summed E-state index contributed by atoms with van der Waals surface area (Å²) >= 11 is 1.01. The zero-order chi connectivity index (χ0) is 12.7. The highest BCUT2D eigenvalue weighted by molar-refractivity contribution is 7.99. The second kappa shape index (κ2) is 6.81. The van der Waals surface area contributed by atoms with Crippen molar-refractivity contribution in [2.45, 2.75) is 11.7 Å². The van der Waals surface area contributed by atoms with Crippen LogP contribution in [-0.4, -0.2) is 56.2 Å². The minimum atomic E-state index is -0.950. The summed E-state index contributed by atoms with van der Waals surface area (Å²) in [7, 11) is 0. The van der Waals surface area contributed by atoms with Gasteiger partial charge < -0.3 is 15.6 Å². The first-order chi connectivity index (χ1) is 8.09. The van der Waals surface area contributed by atoms with Gasteiger partial charge in [-0.15, -0.1) is 5.10 Å². The molecular weight excluding hydrogens is 250 g/mol. The number of hydrogen-bond donors (Lipinski definition) is 2. The van der Waals surface area contributed by atoms with Crippen molar-refractivity contribution in [3.63, 3.8) is 0 Å². The number of tetrazole rings is 1. The number of thioether (sulfide) groups is 1. The van der Waals surface area contributed by atoms with Crippen molar-refractivity contribution >= 4 is 23.6 Å². The molecule has 1 rings (SSSR count). The Kier molecular flexibility index (Phi) is 5.36. The lowest BCUT2D eigenvalue weighted by atomic mass is 10.6. The molecule has 0 aliphatic rings. The molecule has 0 aliphatic heterocycles. The first-order valence-corrected chi connectivity index (χ1v) is 5.55. The summed E-state index contributed by atoms with van der Waals surface area (Å²) in [5.74, 6) is -1.63. The molecule has 3 N–H and O–H groups in total. The number of carboxylic acid groups (broad SMARTS) is 1. The van der Waals surface area contributed by atoms with Crippen LogP contribution in [0.25, 0.3) is 0 Å². The standard InChI is InChI=1S/C7H11N5O4S/c8-5(13)3-16-2-1-12-7(9-10-11-12)17-4-6(14)15/h1-4H2,(H2,8,13)(H,14,15). The van der Waals surface area contributed by atoms with Crippen LogP contribution < -0.4 is 5.73 Å². The Morgan fingerprint density at radius 3 is 2.94 bits per heavy atom. The van der Waals surface area contributed by atoms with Crippen LogP contribution in [0.2, 0.25) is 0 Å². The second-order valence-electron chi connectivity index (χ2n) is 2.89. The van der Waals surface area contributed by atoms with Gasteiger partial charge in [-0.1, -0.05) is 11.8 Å². The van der Waals surface area contributed by atoms with Crippen molar-refractivity contribution in [2.24, 2.45) is 5.73 Å². The van der Waals surface area contributed by atoms with Gasteiger partial charge in [0.05, 0.1) is 18.9 Å². The van der Waals surface area contributed by atoms with E-state index in [1.165, 1.54) is 4.68 Å². The fraction of sp³-hybridized carbons (Fsp3) is 0.571. The molecule has 0 aromatic carbocycles. The van der Waals surface area contributed by atoms with Crippen LogP contribution in [0.1, 0.15) is 0 Å². The number of carbonyl (C=O) groups is 2. The summed E-state index contributed by atoms with van der Waals surface area (Å²) in [6, 6.07) is 0. The van der Waals surface area contributed by atoms with E-state index >= 15 is 0 Å². The molecule has 0 atom stereocenters. The average Bonchev–Trinajstić information content (AvgIpc) is 2.68. The highest BCUT2D eigenvalue weighted by Gasteiger charge is 2.08. The van der Waals surface area contributed by atoms with Gasteiger partial charge in [-0.05, 0) is 10.4 Å². The van der Waals surface area contributed by atoms with Gasteiger partial charge in [0.2, 0.25) is 11.1 Å². The Hall–Kier alpha value is -1.68. The van der Waals surface area contributed by atoms with Crippen LogP contribution in [-0.2, 0) is 20.9 Å². The number of carbonyl (C=O) groups excluding carboxylic acids is 1. The van der Waals surface area contributed by atoms with Gasteiger partial charge in [0.25, 0.3) is 0 Å². The second-order valence-corrected chi connectivity index (χ2v) is 3.83. The van der Waals surface area contributed by atoms with Crippen molar-refractivity contribution in [3.8, 4) is 0 Å². The summed E-state index contributed by atoms with van der Waals surface area (Å²) in [6.45, 7) is 0.372. The molecule has 9 nitrogen and oxygen atoms in total. The maximum Gasteiger partial charge on any atom is 0.313 e. The Balaban J connectivity index is 2.35. The van der Waals surface area contributed by atoms with Crippen molar-refractivity contribution in [3.05, 3.63) is 0 Å². The lowest BCUT2D eigenvalue weighted by Gasteiger charge is -2.03. The molecule has 1 amide bonds. The molecule has 0 radical (unpaired) electrons. The zero-order valence-corrected chi connectivity index (χ0v) is 9.59. The Bertz CT molecular complexity index is 395. The number of ether oxygens (including phenoxy) is 1. The van der Waals surface area contributed by atoms with E-state index in [0.717, 1.165) is 11.8 Å². The smallest absolute Gasteiger partial charge is 0.313 e. The topological polar surface area (TPSA) is 133 Å². The average molecular weight is 261 g/mol. The monoisotopic (exact) mass is 261 g/mol. The molecule has 0 fully saturated rings. The third kappa shape index (κ3) is 5.26. The summed E-state index contributed by atoms with van der Waals surface area (Å²) < 4.78 is 6.33. The molecule has 94 valence electrons. The van der Waals surface area contributed by atoms with Gasteiger partial charge in [0.1, 0.15) is 6.61 Å². The Morgan fingerprint density at radius 2 is 2.29 bits per heavy atom. The molecule has 0 spiro atoms. The molecule has 0 saturated carbocycles. The number of amides is 1. The maximum absolute atomic E-state index is 10.4. The molecule has 1 aromatic rings. The maximum atomic E-state index is 10.4. The van der Waals surface area contributed by atoms with E-state index in [0.29, 0.717) is 11.7 Å². The van der Waals surface area contributed by atoms with Crippen molar-refractivity contribution in [1.29, 1.82) is 0 Å². The van der Waals surface area contributed by atoms with Gasteiger partial charge in [0, 0.05) is 0 Å². The molecule has 0 aliphatic carbocycles. The van der Waals surface area contributed by atoms with E-state index in [4.69, 9.17) is 15.6 Å². The third-order valence-corrected chi connectivity index (χ3v) is 2.46. The number of primary amides is 1. The van der Waals surface area contributed by atoms with E-state index in [1.54, 1.807) is 0 Å². The number of nitrogens with zero attached hydrogens (tertiary/aromatic N) is 4. The molecule has 0 unspecified atom stereocenters. The number of nitrogens with two attached hydrogens (primary N) is 1. The molecule has 1 aromatic heterocycles. The van der Waals surface area contributed by atoms with Crippen LogP contribution in [0.15, 0.2) is 5.16 Å². The third-order valence-electron chi connectivity index (χ3n) is 1.52. The number of carboxylic acids is 1. The number of rotatable bonds is 8. The normalized spacial score (nSPS) is 10.4. The quantitative estimate of drug-likeness (QED) is 0.420. The van der Waals surface area contributed by atoms with Crippen LogP contribution in [0.3, 0.4) is 0 Å². The van der Waals surface area contributed by atoms with Crippen LogP contribution >= 0.6 is 11.8 Å². The number of hydrogen-bond acceptors (Lipinski definition) is 7. The summed E-state index contributed by atoms with van der Waals surface area (Å²) in [5.41, 5.74) is 4.88. The van der Waals surface area contributed by atoms with Crippen LogP contribution in [0.4, 0.5) is 0 Å². The largest absolute Gasteiger partial charge is 0.481 e. The molecule has 10 heteroatoms. The van der Waals surface area contributed by atoms with Gasteiger partial charge in [0.15, 0.2) is 0 Å². The molecule has 17 heavy (non-hydrogen) atoms. The molecule has 1 heterocycles. The van der Waals surface area contributed by atoms with E-state index in [9.17, 15) is 9.59 Å². The fourth-order valence-corrected chi connectivity index (χ4v) is 1.51. The van der Waals surface area contributed by atoms with Crippen molar-refractivity contribution in [2.75, 3.05) is 19.0 Å². The zero-order valence-electron chi connectivity index (χ0n) is 8.77. The molecular formula is C7H11N5O4S. The van der Waals surface area contributed by atoms with Crippen molar-refractivity contribution in [1.82, 2.24) is 20.2 Å². The molecule has 0 bridgehead atoms. The SMILES string of the molecule is NC(=O)COCCn1nnnc1SCC(=O)O. The Morgan fingerprint density at radius 1 is 1.53 bits per heavy atom. The minimum Gasteiger partial charge on any atom is -0.481 e. The predicted octanol–water partition coefficient (Wildman–Crippen LogP) is -1.65. The molecule has 0 saturated heterocycles. The van der Waals surface area contributed by atoms with Crippen LogP contribution in [0, 0.1) is 0 Å². The van der Waals surface area contributed by atoms with E-state index < -0.39 is 11.9 Å². The van der Waals surface area contributed by atoms with E-state index in [-0.39, 0.29) is 19.0 Å². The highest BCUT2D eigenvalue weighted by atomic mass is 32.2. The lowest BCUT2D eigenvalue weighted by Crippen LogP contribution is -2.20. The number of aromatic nitrogens is 4. The van der Waals surface area contributed by atoms with Gasteiger partial charge in [-0.3, -0.25) is 9.59 Å². The van der Waals surface area contributed by atoms with Crippen molar-refractivity contribution < 1.29 is 19.4 Å². The van der Waals surface area contributed by atoms with Gasteiger partial charge >= 0.3 is 5.97 Å². The van der Waals surface area contributed by atoms with Gasteiger partial charge in [-0.2, -0.15) is 0 Å². The fourth-order valence-electron chi connectivity index (χ4n) is 0.890. The number of aliphatic carboxylic acids is 1. The van der Waals surface area contributed by atoms with E-state index in [1.807, 2.05) is 0 Å². The first kappa shape index (κ1) is 13.4. The predicted molar refractivity (Wildman–Crippen MR) is 56.2 cm³/mol. The summed E-state index contributed by atoms with van der Waals surface area (Å²) in [4.78, 5) is 20.8. The highest BCUT2D eigenvalue weighted by Crippen LogP contribution is 2.12. The van der Waals surface area contributed by atoms with E-state index in [2.05, 4.69) is 15.5 Å². The Labute approximate surface area is 100 Å².